The van der Waals surface area contributed by atoms with Gasteiger partial charge in [0.2, 0.25) is 0 Å². The number of fused-ring (bicyclic) bond motifs is 3. The molecular formula is C21H23N3O2. The molecule has 26 heavy (non-hydrogen) atoms. The van der Waals surface area contributed by atoms with Crippen LogP contribution in [0.5, 0.6) is 11.5 Å². The fourth-order valence-electron chi connectivity index (χ4n) is 3.43. The lowest BCUT2D eigenvalue weighted by Crippen LogP contribution is -2.00. The Balaban J connectivity index is 1.68. The summed E-state index contributed by atoms with van der Waals surface area (Å²) < 4.78 is 11.5. The normalized spacial score (nSPS) is 11.8. The summed E-state index contributed by atoms with van der Waals surface area (Å²) in [5.41, 5.74) is 6.86. The van der Waals surface area contributed by atoms with Gasteiger partial charge in [-0.05, 0) is 56.2 Å². The molecule has 1 aromatic heterocycles. The van der Waals surface area contributed by atoms with Crippen LogP contribution in [0.15, 0.2) is 36.4 Å². The number of hydrogen-bond donors (Lipinski definition) is 2. The van der Waals surface area contributed by atoms with E-state index in [1.165, 1.54) is 16.7 Å². The second-order valence-electron chi connectivity index (χ2n) is 6.42. The second-order valence-corrected chi connectivity index (χ2v) is 6.42. The van der Waals surface area contributed by atoms with Crippen molar-refractivity contribution in [3.63, 3.8) is 0 Å². The number of hydrogen-bond acceptors (Lipinski definition) is 4. The van der Waals surface area contributed by atoms with Crippen LogP contribution in [0.2, 0.25) is 0 Å². The third kappa shape index (κ3) is 2.90. The molecule has 0 bridgehead atoms. The molecule has 0 saturated carbocycles. The smallest absolute Gasteiger partial charge is 0.161 e. The number of ether oxygens (including phenoxy) is 2. The number of aromatic amines is 1. The molecule has 2 aromatic carbocycles. The Morgan fingerprint density at radius 3 is 2.58 bits per heavy atom. The van der Waals surface area contributed by atoms with E-state index in [-0.39, 0.29) is 0 Å². The van der Waals surface area contributed by atoms with Crippen molar-refractivity contribution in [2.75, 3.05) is 18.5 Å². The Hall–Kier alpha value is -2.95. The number of nitrogens with one attached hydrogen (secondary N) is 2. The van der Waals surface area contributed by atoms with Crippen molar-refractivity contribution < 1.29 is 9.47 Å². The predicted molar refractivity (Wildman–Crippen MR) is 104 cm³/mol. The maximum atomic E-state index is 5.77. The molecule has 4 rings (SSSR count). The zero-order chi connectivity index (χ0) is 18.1. The summed E-state index contributed by atoms with van der Waals surface area (Å²) >= 11 is 0. The Labute approximate surface area is 153 Å². The van der Waals surface area contributed by atoms with Gasteiger partial charge in [0, 0.05) is 23.2 Å². The molecule has 0 radical (unpaired) electrons. The summed E-state index contributed by atoms with van der Waals surface area (Å²) in [6.45, 7) is 7.27. The average molecular weight is 349 g/mol. The van der Waals surface area contributed by atoms with Crippen LogP contribution in [0.4, 0.5) is 11.5 Å². The maximum absolute atomic E-state index is 5.77. The average Bonchev–Trinajstić information content (AvgIpc) is 3.16. The van der Waals surface area contributed by atoms with Crippen LogP contribution in [-0.4, -0.2) is 23.4 Å². The van der Waals surface area contributed by atoms with Crippen LogP contribution < -0.4 is 14.8 Å². The quantitative estimate of drug-likeness (QED) is 0.523. The summed E-state index contributed by atoms with van der Waals surface area (Å²) in [6.07, 6.45) is 0.821. The molecule has 5 nitrogen and oxygen atoms in total. The van der Waals surface area contributed by atoms with E-state index >= 15 is 0 Å². The standard InChI is InChI=1S/C21H23N3O2/c1-4-25-18-11-14-10-17-20(16(14)12-19(18)26-5-2)23-24-21(17)22-15-8-6-7-13(3)9-15/h6-9,11-12H,4-5,10H2,1-3H3,(H2,22,23,24). The SMILES string of the molecule is CCOc1cc2c(cc1OCC)-c1[nH]nc(Nc3cccc(C)c3)c1C2. The van der Waals surface area contributed by atoms with Crippen molar-refractivity contribution >= 4 is 11.5 Å². The van der Waals surface area contributed by atoms with Gasteiger partial charge in [0.15, 0.2) is 17.3 Å². The highest BCUT2D eigenvalue weighted by Crippen LogP contribution is 2.44. The first-order valence-corrected chi connectivity index (χ1v) is 9.03. The largest absolute Gasteiger partial charge is 0.490 e. The van der Waals surface area contributed by atoms with Gasteiger partial charge in [0.05, 0.1) is 18.9 Å². The molecule has 0 unspecified atom stereocenters. The predicted octanol–water partition coefficient (Wildman–Crippen LogP) is 4.83. The molecule has 134 valence electrons. The minimum absolute atomic E-state index is 0.606. The Kier molecular flexibility index (Phi) is 4.29. The molecule has 0 spiro atoms. The number of nitrogens with zero attached hydrogens (tertiary/aromatic N) is 1. The van der Waals surface area contributed by atoms with Crippen LogP contribution in [0.3, 0.4) is 0 Å². The van der Waals surface area contributed by atoms with E-state index in [0.29, 0.717) is 13.2 Å². The Morgan fingerprint density at radius 2 is 1.85 bits per heavy atom. The van der Waals surface area contributed by atoms with Crippen molar-refractivity contribution in [1.82, 2.24) is 10.2 Å². The molecule has 0 amide bonds. The zero-order valence-electron chi connectivity index (χ0n) is 15.3. The lowest BCUT2D eigenvalue weighted by molar-refractivity contribution is 0.287. The first-order valence-electron chi connectivity index (χ1n) is 9.03. The van der Waals surface area contributed by atoms with Gasteiger partial charge in [0.1, 0.15) is 0 Å². The minimum atomic E-state index is 0.606. The number of aromatic nitrogens is 2. The van der Waals surface area contributed by atoms with Gasteiger partial charge >= 0.3 is 0 Å². The molecule has 1 aliphatic carbocycles. The summed E-state index contributed by atoms with van der Waals surface area (Å²) in [7, 11) is 0. The van der Waals surface area contributed by atoms with Gasteiger partial charge in [-0.2, -0.15) is 5.10 Å². The molecule has 0 aliphatic heterocycles. The number of benzene rings is 2. The zero-order valence-corrected chi connectivity index (χ0v) is 15.3. The van der Waals surface area contributed by atoms with Crippen LogP contribution in [0.1, 0.15) is 30.5 Å². The minimum Gasteiger partial charge on any atom is -0.490 e. The summed E-state index contributed by atoms with van der Waals surface area (Å²) in [4.78, 5) is 0. The highest BCUT2D eigenvalue weighted by Gasteiger charge is 2.27. The van der Waals surface area contributed by atoms with Crippen molar-refractivity contribution in [3.05, 3.63) is 53.1 Å². The Morgan fingerprint density at radius 1 is 1.08 bits per heavy atom. The molecule has 3 aromatic rings. The van der Waals surface area contributed by atoms with E-state index in [0.717, 1.165) is 40.7 Å². The van der Waals surface area contributed by atoms with Gasteiger partial charge in [-0.1, -0.05) is 12.1 Å². The summed E-state index contributed by atoms with van der Waals surface area (Å²) in [6, 6.07) is 12.4. The van der Waals surface area contributed by atoms with Crippen molar-refractivity contribution in [2.24, 2.45) is 0 Å². The van der Waals surface area contributed by atoms with Crippen molar-refractivity contribution in [3.8, 4) is 22.8 Å². The van der Waals surface area contributed by atoms with Gasteiger partial charge in [-0.15, -0.1) is 0 Å². The van der Waals surface area contributed by atoms with E-state index in [1.54, 1.807) is 0 Å². The molecule has 5 heteroatoms. The first kappa shape index (κ1) is 16.5. The van der Waals surface area contributed by atoms with Crippen LogP contribution >= 0.6 is 0 Å². The van der Waals surface area contributed by atoms with Crippen LogP contribution in [-0.2, 0) is 6.42 Å². The fraction of sp³-hybridized carbons (Fsp3) is 0.286. The van der Waals surface area contributed by atoms with E-state index in [2.05, 4.69) is 52.8 Å². The Bertz CT molecular complexity index is 946. The molecule has 1 aliphatic rings. The number of anilines is 2. The second kappa shape index (κ2) is 6.75. The van der Waals surface area contributed by atoms with E-state index < -0.39 is 0 Å². The molecule has 0 atom stereocenters. The van der Waals surface area contributed by atoms with Crippen molar-refractivity contribution in [2.45, 2.75) is 27.2 Å². The summed E-state index contributed by atoms with van der Waals surface area (Å²) in [5, 5.41) is 11.1. The molecule has 2 N–H and O–H groups in total. The highest BCUT2D eigenvalue weighted by atomic mass is 16.5. The lowest BCUT2D eigenvalue weighted by atomic mass is 10.1. The topological polar surface area (TPSA) is 59.2 Å². The fourth-order valence-corrected chi connectivity index (χ4v) is 3.43. The monoisotopic (exact) mass is 349 g/mol. The van der Waals surface area contributed by atoms with E-state index in [4.69, 9.17) is 9.47 Å². The summed E-state index contributed by atoms with van der Waals surface area (Å²) in [5.74, 6) is 2.46. The van der Waals surface area contributed by atoms with E-state index in [1.807, 2.05) is 19.9 Å². The number of aryl methyl sites for hydroxylation is 1. The highest BCUT2D eigenvalue weighted by molar-refractivity contribution is 5.81. The first-order chi connectivity index (χ1) is 12.7. The molecule has 0 fully saturated rings. The van der Waals surface area contributed by atoms with Crippen LogP contribution in [0.25, 0.3) is 11.3 Å². The van der Waals surface area contributed by atoms with Gasteiger partial charge in [-0.3, -0.25) is 5.10 Å². The molecule has 1 heterocycles. The third-order valence-corrected chi connectivity index (χ3v) is 4.55. The maximum Gasteiger partial charge on any atom is 0.161 e. The van der Waals surface area contributed by atoms with Crippen LogP contribution in [0, 0.1) is 6.92 Å². The molecule has 0 saturated heterocycles. The van der Waals surface area contributed by atoms with Gasteiger partial charge in [0.25, 0.3) is 0 Å². The van der Waals surface area contributed by atoms with Gasteiger partial charge < -0.3 is 14.8 Å². The molecular weight excluding hydrogens is 326 g/mol. The lowest BCUT2D eigenvalue weighted by Gasteiger charge is -2.13. The van der Waals surface area contributed by atoms with Gasteiger partial charge in [-0.25, -0.2) is 0 Å². The number of H-pyrrole nitrogens is 1. The van der Waals surface area contributed by atoms with Crippen molar-refractivity contribution in [1.29, 1.82) is 0 Å². The third-order valence-electron chi connectivity index (χ3n) is 4.55. The number of rotatable bonds is 6. The van der Waals surface area contributed by atoms with E-state index in [9.17, 15) is 0 Å².